The summed E-state index contributed by atoms with van der Waals surface area (Å²) in [5.41, 5.74) is 0.254. The molecule has 0 atom stereocenters. The zero-order chi connectivity index (χ0) is 9.31. The Morgan fingerprint density at radius 3 is 2.92 bits per heavy atom. The largest absolute Gasteiger partial charge is 0.271 e. The van der Waals surface area contributed by atoms with Crippen molar-refractivity contribution < 1.29 is 0 Å². The lowest BCUT2D eigenvalue weighted by Crippen LogP contribution is -2.11. The lowest BCUT2D eigenvalue weighted by Gasteiger charge is -2.09. The van der Waals surface area contributed by atoms with Gasteiger partial charge in [0.15, 0.2) is 0 Å². The van der Waals surface area contributed by atoms with Gasteiger partial charge in [-0.15, -0.1) is 0 Å². The van der Waals surface area contributed by atoms with Crippen LogP contribution in [0.5, 0.6) is 0 Å². The maximum atomic E-state index is 8.64. The Morgan fingerprint density at radius 1 is 1.69 bits per heavy atom. The predicted octanol–water partition coefficient (Wildman–Crippen LogP) is 2.18. The smallest absolute Gasteiger partial charge is 0.0628 e. The molecule has 1 aromatic rings. The first-order valence-electron chi connectivity index (χ1n) is 4.29. The van der Waals surface area contributed by atoms with Crippen LogP contribution >= 0.6 is 22.6 Å². The molecule has 3 nitrogen and oxygen atoms in total. The molecule has 0 saturated heterocycles. The van der Waals surface area contributed by atoms with Crippen molar-refractivity contribution >= 4 is 22.6 Å². The second-order valence-corrected chi connectivity index (χ2v) is 4.94. The molecule has 13 heavy (non-hydrogen) atoms. The van der Waals surface area contributed by atoms with Crippen LogP contribution in [0, 0.1) is 20.3 Å². The summed E-state index contributed by atoms with van der Waals surface area (Å²) in [5.74, 6) is 0. The third-order valence-corrected chi connectivity index (χ3v) is 3.07. The van der Waals surface area contributed by atoms with E-state index < -0.39 is 0 Å². The first-order valence-corrected chi connectivity index (χ1v) is 5.37. The van der Waals surface area contributed by atoms with E-state index in [0.717, 1.165) is 10.1 Å². The van der Waals surface area contributed by atoms with Gasteiger partial charge in [-0.25, -0.2) is 0 Å². The number of hydrogen-bond donors (Lipinski definition) is 0. The van der Waals surface area contributed by atoms with Gasteiger partial charge < -0.3 is 0 Å². The molecule has 0 N–H and O–H groups in total. The number of aromatic nitrogens is 2. The lowest BCUT2D eigenvalue weighted by atomic mass is 10.0. The zero-order valence-electron chi connectivity index (χ0n) is 7.20. The summed E-state index contributed by atoms with van der Waals surface area (Å²) in [6.45, 7) is 0.906. The Labute approximate surface area is 90.9 Å². The summed E-state index contributed by atoms with van der Waals surface area (Å²) in [5, 5.41) is 12.9. The Kier molecular flexibility index (Phi) is 2.28. The topological polar surface area (TPSA) is 41.6 Å². The van der Waals surface area contributed by atoms with Crippen molar-refractivity contribution in [1.29, 1.82) is 5.26 Å². The van der Waals surface area contributed by atoms with Crippen molar-refractivity contribution in [2.75, 3.05) is 0 Å². The number of nitrogens with zero attached hydrogens (tertiary/aromatic N) is 3. The second kappa shape index (κ2) is 3.29. The Hall–Kier alpha value is -0.570. The fourth-order valence-electron chi connectivity index (χ4n) is 1.50. The van der Waals surface area contributed by atoms with Gasteiger partial charge in [-0.3, -0.25) is 4.68 Å². The van der Waals surface area contributed by atoms with Crippen molar-refractivity contribution in [2.24, 2.45) is 5.41 Å². The molecular weight excluding hydrogens is 277 g/mol. The van der Waals surface area contributed by atoms with E-state index in [4.69, 9.17) is 5.26 Å². The fraction of sp³-hybridized carbons (Fsp3) is 0.556. The molecule has 0 unspecified atom stereocenters. The molecule has 1 fully saturated rings. The van der Waals surface area contributed by atoms with Gasteiger partial charge >= 0.3 is 0 Å². The molecule has 4 heteroatoms. The van der Waals surface area contributed by atoms with Crippen molar-refractivity contribution in [3.63, 3.8) is 0 Å². The number of halogens is 1. The predicted molar refractivity (Wildman–Crippen MR) is 56.8 cm³/mol. The highest BCUT2D eigenvalue weighted by Gasteiger charge is 2.42. The van der Waals surface area contributed by atoms with Crippen LogP contribution in [-0.2, 0) is 6.54 Å². The molecule has 2 rings (SSSR count). The number of hydrogen-bond acceptors (Lipinski definition) is 2. The molecule has 0 aromatic carbocycles. The third kappa shape index (κ3) is 2.02. The van der Waals surface area contributed by atoms with Crippen molar-refractivity contribution in [3.05, 3.63) is 16.0 Å². The van der Waals surface area contributed by atoms with Crippen LogP contribution in [0.3, 0.4) is 0 Å². The number of rotatable bonds is 3. The minimum atomic E-state index is 0.254. The van der Waals surface area contributed by atoms with E-state index in [-0.39, 0.29) is 5.41 Å². The van der Waals surface area contributed by atoms with Gasteiger partial charge in [0.2, 0.25) is 0 Å². The van der Waals surface area contributed by atoms with Gasteiger partial charge in [-0.2, -0.15) is 10.4 Å². The molecule has 0 aliphatic heterocycles. The first-order chi connectivity index (χ1) is 6.24. The molecule has 1 aromatic heterocycles. The summed E-state index contributed by atoms with van der Waals surface area (Å²) >= 11 is 2.25. The molecule has 1 aliphatic rings. The Bertz CT molecular complexity index is 346. The Morgan fingerprint density at radius 2 is 2.46 bits per heavy atom. The summed E-state index contributed by atoms with van der Waals surface area (Å²) in [6.07, 6.45) is 6.90. The maximum absolute atomic E-state index is 8.64. The van der Waals surface area contributed by atoms with Crippen LogP contribution in [-0.4, -0.2) is 9.78 Å². The molecule has 1 aliphatic carbocycles. The van der Waals surface area contributed by atoms with E-state index in [1.54, 1.807) is 0 Å². The standard InChI is InChI=1S/C9H10IN3/c10-8-5-12-13(6-8)7-9(1-2-9)3-4-11/h5-6H,1-3,7H2. The highest BCUT2D eigenvalue weighted by atomic mass is 127. The minimum Gasteiger partial charge on any atom is -0.271 e. The SMILES string of the molecule is N#CCC1(Cn2cc(I)cn2)CC1. The van der Waals surface area contributed by atoms with E-state index >= 15 is 0 Å². The van der Waals surface area contributed by atoms with Crippen LogP contribution in [0.4, 0.5) is 0 Å². The van der Waals surface area contributed by atoms with Crippen LogP contribution in [0.25, 0.3) is 0 Å². The molecule has 0 radical (unpaired) electrons. The summed E-state index contributed by atoms with van der Waals surface area (Å²) in [6, 6.07) is 2.25. The summed E-state index contributed by atoms with van der Waals surface area (Å²) in [4.78, 5) is 0. The van der Waals surface area contributed by atoms with Gasteiger partial charge in [0, 0.05) is 24.6 Å². The molecule has 0 bridgehead atoms. The van der Waals surface area contributed by atoms with Gasteiger partial charge in [0.25, 0.3) is 0 Å². The fourth-order valence-corrected chi connectivity index (χ4v) is 1.95. The molecule has 0 spiro atoms. The van der Waals surface area contributed by atoms with Gasteiger partial charge in [-0.05, 0) is 35.4 Å². The minimum absolute atomic E-state index is 0.254. The molecular formula is C9H10IN3. The van der Waals surface area contributed by atoms with E-state index in [1.165, 1.54) is 12.8 Å². The van der Waals surface area contributed by atoms with E-state index in [2.05, 4.69) is 33.8 Å². The van der Waals surface area contributed by atoms with Crippen molar-refractivity contribution in [2.45, 2.75) is 25.8 Å². The van der Waals surface area contributed by atoms with E-state index in [9.17, 15) is 0 Å². The molecule has 68 valence electrons. The van der Waals surface area contributed by atoms with Crippen molar-refractivity contribution in [1.82, 2.24) is 9.78 Å². The second-order valence-electron chi connectivity index (χ2n) is 3.69. The Balaban J connectivity index is 2.02. The average Bonchev–Trinajstić information content (AvgIpc) is 2.70. The average molecular weight is 287 g/mol. The first kappa shape index (κ1) is 9.00. The maximum Gasteiger partial charge on any atom is 0.0628 e. The normalized spacial score (nSPS) is 18.2. The van der Waals surface area contributed by atoms with Gasteiger partial charge in [0.05, 0.1) is 15.8 Å². The molecule has 1 saturated carbocycles. The third-order valence-electron chi connectivity index (χ3n) is 2.51. The lowest BCUT2D eigenvalue weighted by molar-refractivity contribution is 0.404. The van der Waals surface area contributed by atoms with Gasteiger partial charge in [-0.1, -0.05) is 0 Å². The van der Waals surface area contributed by atoms with Crippen molar-refractivity contribution in [3.8, 4) is 6.07 Å². The highest BCUT2D eigenvalue weighted by molar-refractivity contribution is 14.1. The van der Waals surface area contributed by atoms with Crippen LogP contribution in [0.1, 0.15) is 19.3 Å². The van der Waals surface area contributed by atoms with Crippen LogP contribution in [0.2, 0.25) is 0 Å². The number of nitriles is 1. The van der Waals surface area contributed by atoms with Gasteiger partial charge in [0.1, 0.15) is 0 Å². The van der Waals surface area contributed by atoms with Crippen LogP contribution < -0.4 is 0 Å². The quantitative estimate of drug-likeness (QED) is 0.800. The monoisotopic (exact) mass is 287 g/mol. The van der Waals surface area contributed by atoms with E-state index in [1.807, 2.05) is 17.1 Å². The van der Waals surface area contributed by atoms with Crippen LogP contribution in [0.15, 0.2) is 12.4 Å². The van der Waals surface area contributed by atoms with E-state index in [0.29, 0.717) is 6.42 Å². The summed E-state index contributed by atoms with van der Waals surface area (Å²) in [7, 11) is 0. The zero-order valence-corrected chi connectivity index (χ0v) is 9.36. The molecule has 1 heterocycles. The highest BCUT2D eigenvalue weighted by Crippen LogP contribution is 2.49. The molecule has 0 amide bonds. The summed E-state index contributed by atoms with van der Waals surface area (Å²) < 4.78 is 3.11.